The molecule has 1 aromatic rings. The molecule has 4 heteroatoms. The largest absolute Gasteiger partial charge is 0.347 e. The second-order valence-corrected chi connectivity index (χ2v) is 3.66. The van der Waals surface area contributed by atoms with Gasteiger partial charge in [0.2, 0.25) is 5.95 Å². The molecule has 0 bridgehead atoms. The Morgan fingerprint density at radius 2 is 2.23 bits per heavy atom. The Bertz CT molecular complexity index is 286. The molecule has 0 radical (unpaired) electrons. The smallest absolute Gasteiger partial charge is 0.223 e. The highest BCUT2D eigenvalue weighted by atomic mass is 19.1. The van der Waals surface area contributed by atoms with Crippen molar-refractivity contribution in [3.8, 4) is 0 Å². The van der Waals surface area contributed by atoms with Crippen molar-refractivity contribution in [3.05, 3.63) is 18.0 Å². The lowest BCUT2D eigenvalue weighted by atomic mass is 10.1. The summed E-state index contributed by atoms with van der Waals surface area (Å²) < 4.78 is 12.4. The van der Waals surface area contributed by atoms with Crippen LogP contribution in [0.15, 0.2) is 12.3 Å². The predicted molar refractivity (Wildman–Crippen MR) is 50.4 cm³/mol. The van der Waals surface area contributed by atoms with Crippen molar-refractivity contribution in [1.29, 1.82) is 0 Å². The van der Waals surface area contributed by atoms with E-state index in [1.54, 1.807) is 26.1 Å². The van der Waals surface area contributed by atoms with Crippen LogP contribution in [0.1, 0.15) is 19.5 Å². The van der Waals surface area contributed by atoms with Gasteiger partial charge in [0.25, 0.3) is 0 Å². The van der Waals surface area contributed by atoms with Crippen LogP contribution in [0.2, 0.25) is 0 Å². The van der Waals surface area contributed by atoms with Gasteiger partial charge in [-0.25, -0.2) is 14.4 Å². The normalized spacial score (nSPS) is 11.4. The van der Waals surface area contributed by atoms with Gasteiger partial charge in [0, 0.05) is 11.9 Å². The average molecular weight is 183 g/mol. The Labute approximate surface area is 77.4 Å². The number of hydrogen-bond donors (Lipinski definition) is 1. The molecule has 72 valence electrons. The number of anilines is 1. The fourth-order valence-electron chi connectivity index (χ4n) is 0.845. The molecule has 1 heterocycles. The van der Waals surface area contributed by atoms with Crippen LogP contribution >= 0.6 is 0 Å². The standard InChI is InChI=1S/C9H14FN3/c1-7-4-5-11-8(12-7)13-9(2,3)6-10/h4-5H,6H2,1-3H3,(H,11,12,13). The Morgan fingerprint density at radius 3 is 2.77 bits per heavy atom. The maximum absolute atomic E-state index is 12.4. The SMILES string of the molecule is Cc1ccnc(NC(C)(C)CF)n1. The topological polar surface area (TPSA) is 37.8 Å². The van der Waals surface area contributed by atoms with E-state index >= 15 is 0 Å². The van der Waals surface area contributed by atoms with Crippen LogP contribution in [-0.4, -0.2) is 22.2 Å². The summed E-state index contributed by atoms with van der Waals surface area (Å²) in [6, 6.07) is 1.80. The molecule has 13 heavy (non-hydrogen) atoms. The first-order valence-corrected chi connectivity index (χ1v) is 4.17. The molecule has 0 aromatic carbocycles. The van der Waals surface area contributed by atoms with Gasteiger partial charge in [-0.15, -0.1) is 0 Å². The molecule has 0 amide bonds. The molecular weight excluding hydrogens is 169 g/mol. The van der Waals surface area contributed by atoms with Crippen molar-refractivity contribution in [2.45, 2.75) is 26.3 Å². The highest BCUT2D eigenvalue weighted by Crippen LogP contribution is 2.10. The molecule has 0 saturated heterocycles. The van der Waals surface area contributed by atoms with Gasteiger partial charge in [-0.1, -0.05) is 0 Å². The molecule has 0 aliphatic rings. The summed E-state index contributed by atoms with van der Waals surface area (Å²) in [5, 5.41) is 2.91. The minimum absolute atomic E-state index is 0.454. The number of nitrogens with zero attached hydrogens (tertiary/aromatic N) is 2. The first-order chi connectivity index (χ1) is 6.03. The number of aryl methyl sites for hydroxylation is 1. The van der Waals surface area contributed by atoms with Crippen LogP contribution in [0.25, 0.3) is 0 Å². The fraction of sp³-hybridized carbons (Fsp3) is 0.556. The number of nitrogens with one attached hydrogen (secondary N) is 1. The summed E-state index contributed by atoms with van der Waals surface area (Å²) in [5.41, 5.74) is 0.264. The van der Waals surface area contributed by atoms with Crippen LogP contribution in [0.4, 0.5) is 10.3 Å². The number of aromatic nitrogens is 2. The van der Waals surface area contributed by atoms with Crippen molar-refractivity contribution >= 4 is 5.95 Å². The minimum atomic E-state index is -0.603. The van der Waals surface area contributed by atoms with Gasteiger partial charge >= 0.3 is 0 Å². The van der Waals surface area contributed by atoms with E-state index in [1.165, 1.54) is 0 Å². The Hall–Kier alpha value is -1.19. The van der Waals surface area contributed by atoms with Crippen LogP contribution in [-0.2, 0) is 0 Å². The summed E-state index contributed by atoms with van der Waals surface area (Å²) >= 11 is 0. The van der Waals surface area contributed by atoms with E-state index in [4.69, 9.17) is 0 Å². The minimum Gasteiger partial charge on any atom is -0.347 e. The molecule has 0 saturated carbocycles. The third-order valence-corrected chi connectivity index (χ3v) is 1.58. The molecule has 0 aliphatic heterocycles. The lowest BCUT2D eigenvalue weighted by molar-refractivity contribution is 0.373. The van der Waals surface area contributed by atoms with E-state index in [0.29, 0.717) is 5.95 Å². The van der Waals surface area contributed by atoms with Crippen LogP contribution in [0.3, 0.4) is 0 Å². The first-order valence-electron chi connectivity index (χ1n) is 4.17. The second-order valence-electron chi connectivity index (χ2n) is 3.66. The molecule has 0 aliphatic carbocycles. The van der Waals surface area contributed by atoms with Crippen molar-refractivity contribution in [2.24, 2.45) is 0 Å². The van der Waals surface area contributed by atoms with Gasteiger partial charge < -0.3 is 5.32 Å². The lowest BCUT2D eigenvalue weighted by Gasteiger charge is -2.22. The molecule has 1 N–H and O–H groups in total. The van der Waals surface area contributed by atoms with Gasteiger partial charge in [-0.2, -0.15) is 0 Å². The summed E-state index contributed by atoms with van der Waals surface area (Å²) in [6.45, 7) is 4.94. The van der Waals surface area contributed by atoms with Gasteiger partial charge in [0.15, 0.2) is 0 Å². The van der Waals surface area contributed by atoms with Crippen molar-refractivity contribution in [3.63, 3.8) is 0 Å². The Morgan fingerprint density at radius 1 is 1.54 bits per heavy atom. The predicted octanol–water partition coefficient (Wildman–Crippen LogP) is 1.95. The molecule has 0 unspecified atom stereocenters. The number of hydrogen-bond acceptors (Lipinski definition) is 3. The van der Waals surface area contributed by atoms with Crippen molar-refractivity contribution < 1.29 is 4.39 Å². The highest BCUT2D eigenvalue weighted by Gasteiger charge is 2.17. The van der Waals surface area contributed by atoms with E-state index in [2.05, 4.69) is 15.3 Å². The highest BCUT2D eigenvalue weighted by molar-refractivity contribution is 5.28. The molecule has 1 rings (SSSR count). The van der Waals surface area contributed by atoms with Gasteiger partial charge in [0.1, 0.15) is 6.67 Å². The molecule has 1 aromatic heterocycles. The summed E-state index contributed by atoms with van der Waals surface area (Å²) in [4.78, 5) is 8.10. The second kappa shape index (κ2) is 3.68. The zero-order valence-corrected chi connectivity index (χ0v) is 8.13. The summed E-state index contributed by atoms with van der Waals surface area (Å²) in [7, 11) is 0. The fourth-order valence-corrected chi connectivity index (χ4v) is 0.845. The van der Waals surface area contributed by atoms with E-state index < -0.39 is 12.2 Å². The number of rotatable bonds is 3. The zero-order valence-electron chi connectivity index (χ0n) is 8.13. The third kappa shape index (κ3) is 2.97. The molecule has 0 spiro atoms. The van der Waals surface area contributed by atoms with Crippen LogP contribution in [0.5, 0.6) is 0 Å². The monoisotopic (exact) mass is 183 g/mol. The Balaban J connectivity index is 2.74. The number of halogens is 1. The summed E-state index contributed by atoms with van der Waals surface area (Å²) in [5.74, 6) is 0.475. The first kappa shape index (κ1) is 9.89. The van der Waals surface area contributed by atoms with Crippen molar-refractivity contribution in [2.75, 3.05) is 12.0 Å². The van der Waals surface area contributed by atoms with E-state index in [-0.39, 0.29) is 0 Å². The van der Waals surface area contributed by atoms with Crippen molar-refractivity contribution in [1.82, 2.24) is 9.97 Å². The van der Waals surface area contributed by atoms with Crippen LogP contribution in [0, 0.1) is 6.92 Å². The van der Waals surface area contributed by atoms with Crippen LogP contribution < -0.4 is 5.32 Å². The molecule has 0 atom stereocenters. The molecule has 0 fully saturated rings. The maximum atomic E-state index is 12.4. The van der Waals surface area contributed by atoms with Gasteiger partial charge in [0.05, 0.1) is 5.54 Å². The third-order valence-electron chi connectivity index (χ3n) is 1.58. The maximum Gasteiger partial charge on any atom is 0.223 e. The van der Waals surface area contributed by atoms with E-state index in [0.717, 1.165) is 5.69 Å². The van der Waals surface area contributed by atoms with E-state index in [1.807, 2.05) is 6.92 Å². The van der Waals surface area contributed by atoms with Gasteiger partial charge in [-0.05, 0) is 26.8 Å². The van der Waals surface area contributed by atoms with Gasteiger partial charge in [-0.3, -0.25) is 0 Å². The molecular formula is C9H14FN3. The molecule has 3 nitrogen and oxygen atoms in total. The average Bonchev–Trinajstić information content (AvgIpc) is 2.03. The lowest BCUT2D eigenvalue weighted by Crippen LogP contribution is -2.34. The summed E-state index contributed by atoms with van der Waals surface area (Å²) in [6.07, 6.45) is 1.65. The Kier molecular flexibility index (Phi) is 2.80. The number of alkyl halides is 1. The quantitative estimate of drug-likeness (QED) is 0.778. The van der Waals surface area contributed by atoms with E-state index in [9.17, 15) is 4.39 Å². The zero-order chi connectivity index (χ0) is 9.90.